The lowest BCUT2D eigenvalue weighted by atomic mass is 9.88. The summed E-state index contributed by atoms with van der Waals surface area (Å²) < 4.78 is 14.1. The van der Waals surface area contributed by atoms with Crippen LogP contribution in [-0.2, 0) is 11.2 Å². The third-order valence-corrected chi connectivity index (χ3v) is 5.11. The number of fused-ring (bicyclic) bond motifs is 2. The summed E-state index contributed by atoms with van der Waals surface area (Å²) >= 11 is -1.20. The van der Waals surface area contributed by atoms with E-state index < -0.39 is 11.2 Å². The molecule has 24 heavy (non-hydrogen) atoms. The molecule has 0 N–H and O–H groups in total. The Balaban J connectivity index is 2.04. The fraction of sp³-hybridized carbons (Fsp3) is 0.158. The molecule has 1 aromatic heterocycles. The second-order valence-corrected chi connectivity index (χ2v) is 7.16. The van der Waals surface area contributed by atoms with E-state index in [-0.39, 0.29) is 5.92 Å². The lowest BCUT2D eigenvalue weighted by Crippen LogP contribution is -2.13. The van der Waals surface area contributed by atoms with Gasteiger partial charge in [0.1, 0.15) is 6.26 Å². The molecular formula is C19H17N3OS. The lowest BCUT2D eigenvalue weighted by Gasteiger charge is -2.18. The molecule has 1 aliphatic heterocycles. The van der Waals surface area contributed by atoms with Crippen LogP contribution in [0.25, 0.3) is 11.8 Å². The molecule has 0 spiro atoms. The predicted octanol–water partition coefficient (Wildman–Crippen LogP) is 3.53. The first-order valence-electron chi connectivity index (χ1n) is 7.78. The molecule has 5 heteroatoms. The van der Waals surface area contributed by atoms with Crippen LogP contribution in [0.1, 0.15) is 35.4 Å². The van der Waals surface area contributed by atoms with Crippen LogP contribution in [0.4, 0.5) is 0 Å². The Morgan fingerprint density at radius 1 is 1.00 bits per heavy atom. The van der Waals surface area contributed by atoms with E-state index in [0.717, 1.165) is 22.6 Å². The summed E-state index contributed by atoms with van der Waals surface area (Å²) in [7, 11) is 0. The van der Waals surface area contributed by atoms with E-state index in [2.05, 4.69) is 40.5 Å². The van der Waals surface area contributed by atoms with Gasteiger partial charge in [0.15, 0.2) is 5.82 Å². The average Bonchev–Trinajstić information content (AvgIpc) is 2.98. The van der Waals surface area contributed by atoms with Gasteiger partial charge in [-0.1, -0.05) is 59.7 Å². The van der Waals surface area contributed by atoms with Crippen LogP contribution in [0.15, 0.2) is 59.8 Å². The summed E-state index contributed by atoms with van der Waals surface area (Å²) in [5, 5.41) is 9.13. The number of nitrogens with zero attached hydrogens (tertiary/aromatic N) is 3. The second kappa shape index (κ2) is 5.92. The quantitative estimate of drug-likeness (QED) is 0.673. The van der Waals surface area contributed by atoms with E-state index in [4.69, 9.17) is 0 Å². The molecule has 2 atom stereocenters. The number of hydrogen-bond acceptors (Lipinski definition) is 3. The fourth-order valence-corrected chi connectivity index (χ4v) is 3.94. The molecular weight excluding hydrogens is 318 g/mol. The van der Waals surface area contributed by atoms with Crippen molar-refractivity contribution >= 4 is 22.9 Å². The van der Waals surface area contributed by atoms with Crippen molar-refractivity contribution in [3.05, 3.63) is 77.1 Å². The van der Waals surface area contributed by atoms with Crippen molar-refractivity contribution in [2.75, 3.05) is 6.26 Å². The Kier molecular flexibility index (Phi) is 3.75. The molecule has 2 aromatic carbocycles. The van der Waals surface area contributed by atoms with Crippen molar-refractivity contribution in [1.82, 2.24) is 14.8 Å². The van der Waals surface area contributed by atoms with E-state index in [9.17, 15) is 4.55 Å². The van der Waals surface area contributed by atoms with Gasteiger partial charge in [0.2, 0.25) is 0 Å². The summed E-state index contributed by atoms with van der Waals surface area (Å²) in [6, 6.07) is 18.6. The first-order valence-corrected chi connectivity index (χ1v) is 9.34. The maximum Gasteiger partial charge on any atom is 0.347 e. The number of aromatic nitrogens is 3. The molecule has 120 valence electrons. The van der Waals surface area contributed by atoms with Gasteiger partial charge in [0.25, 0.3) is 0 Å². The average molecular weight is 335 g/mol. The minimum absolute atomic E-state index is 0.0408. The molecule has 2 unspecified atom stereocenters. The minimum Gasteiger partial charge on any atom is -0.609 e. The first-order chi connectivity index (χ1) is 11.7. The summed E-state index contributed by atoms with van der Waals surface area (Å²) in [6.07, 6.45) is 3.75. The van der Waals surface area contributed by atoms with Gasteiger partial charge in [-0.2, -0.15) is 0 Å². The largest absolute Gasteiger partial charge is 0.609 e. The zero-order chi connectivity index (χ0) is 16.7. The normalized spacial score (nSPS) is 17.5. The minimum atomic E-state index is -1.20. The smallest absolute Gasteiger partial charge is 0.347 e. The fourth-order valence-electron chi connectivity index (χ4n) is 3.29. The highest BCUT2D eigenvalue weighted by Crippen LogP contribution is 2.38. The van der Waals surface area contributed by atoms with Crippen molar-refractivity contribution in [3.8, 4) is 0 Å². The Morgan fingerprint density at radius 2 is 1.71 bits per heavy atom. The van der Waals surface area contributed by atoms with Gasteiger partial charge >= 0.3 is 5.16 Å². The highest BCUT2D eigenvalue weighted by atomic mass is 32.2. The second-order valence-electron chi connectivity index (χ2n) is 5.89. The standard InChI is InChI=1S/C19H17N3OS/c1-13-12-15-10-6-7-11-16(15)17(14-8-4-3-5-9-14)18-20-21-19(22(13)18)24(2)23/h3-12,17H,1-2H3. The molecule has 0 saturated carbocycles. The molecule has 4 nitrogen and oxygen atoms in total. The topological polar surface area (TPSA) is 53.8 Å². The van der Waals surface area contributed by atoms with Gasteiger partial charge in [-0.25, -0.2) is 4.57 Å². The van der Waals surface area contributed by atoms with Crippen molar-refractivity contribution in [2.45, 2.75) is 18.0 Å². The van der Waals surface area contributed by atoms with Crippen molar-refractivity contribution in [1.29, 1.82) is 0 Å². The van der Waals surface area contributed by atoms with Crippen LogP contribution in [0.2, 0.25) is 0 Å². The van der Waals surface area contributed by atoms with E-state index >= 15 is 0 Å². The van der Waals surface area contributed by atoms with Gasteiger partial charge in [-0.05, 0) is 29.7 Å². The van der Waals surface area contributed by atoms with Crippen molar-refractivity contribution in [2.24, 2.45) is 0 Å². The number of allylic oxidation sites excluding steroid dienone is 1. The van der Waals surface area contributed by atoms with E-state index in [1.165, 1.54) is 5.56 Å². The summed E-state index contributed by atoms with van der Waals surface area (Å²) in [6.45, 7) is 2.01. The zero-order valence-corrected chi connectivity index (χ0v) is 14.3. The molecule has 0 fully saturated rings. The highest BCUT2D eigenvalue weighted by Gasteiger charge is 2.31. The van der Waals surface area contributed by atoms with Crippen LogP contribution in [0, 0.1) is 0 Å². The molecule has 0 radical (unpaired) electrons. The maximum atomic E-state index is 12.1. The third kappa shape index (κ3) is 2.37. The Labute approximate surface area is 144 Å². The van der Waals surface area contributed by atoms with Crippen LogP contribution < -0.4 is 0 Å². The monoisotopic (exact) mass is 335 g/mol. The Bertz CT molecular complexity index is 915. The third-order valence-electron chi connectivity index (χ3n) is 4.33. The van der Waals surface area contributed by atoms with E-state index in [1.54, 1.807) is 6.26 Å². The molecule has 3 aromatic rings. The Hall–Kier alpha value is -2.37. The molecule has 0 saturated heterocycles. The predicted molar refractivity (Wildman–Crippen MR) is 96.0 cm³/mol. The number of benzene rings is 2. The van der Waals surface area contributed by atoms with E-state index in [1.807, 2.05) is 41.8 Å². The van der Waals surface area contributed by atoms with Crippen molar-refractivity contribution < 1.29 is 4.55 Å². The maximum absolute atomic E-state index is 12.1. The van der Waals surface area contributed by atoms with Gasteiger partial charge in [-0.15, -0.1) is 5.10 Å². The van der Waals surface area contributed by atoms with Gasteiger partial charge < -0.3 is 4.55 Å². The van der Waals surface area contributed by atoms with Crippen LogP contribution >= 0.6 is 0 Å². The molecule has 0 amide bonds. The lowest BCUT2D eigenvalue weighted by molar-refractivity contribution is 0.588. The SMILES string of the molecule is CC1=Cc2ccccc2C(c2ccccc2)c2nnc([S+](C)[O-])n21. The molecule has 2 heterocycles. The molecule has 0 aliphatic carbocycles. The van der Waals surface area contributed by atoms with E-state index in [0.29, 0.717) is 5.16 Å². The number of rotatable bonds is 2. The first kappa shape index (κ1) is 15.2. The Morgan fingerprint density at radius 3 is 2.46 bits per heavy atom. The summed E-state index contributed by atoms with van der Waals surface area (Å²) in [5.41, 5.74) is 4.46. The summed E-state index contributed by atoms with van der Waals surface area (Å²) in [4.78, 5) is 0. The summed E-state index contributed by atoms with van der Waals surface area (Å²) in [5.74, 6) is 0.769. The van der Waals surface area contributed by atoms with Crippen molar-refractivity contribution in [3.63, 3.8) is 0 Å². The van der Waals surface area contributed by atoms with Crippen LogP contribution in [-0.4, -0.2) is 25.6 Å². The number of hydrogen-bond donors (Lipinski definition) is 0. The zero-order valence-electron chi connectivity index (χ0n) is 13.5. The van der Waals surface area contributed by atoms with Gasteiger partial charge in [-0.3, -0.25) is 0 Å². The van der Waals surface area contributed by atoms with Crippen LogP contribution in [0.5, 0.6) is 0 Å². The highest BCUT2D eigenvalue weighted by molar-refractivity contribution is 7.90. The molecule has 0 bridgehead atoms. The van der Waals surface area contributed by atoms with Gasteiger partial charge in [0, 0.05) is 16.9 Å². The molecule has 4 rings (SSSR count). The molecule has 1 aliphatic rings. The van der Waals surface area contributed by atoms with Gasteiger partial charge in [0.05, 0.1) is 5.92 Å². The van der Waals surface area contributed by atoms with Crippen LogP contribution in [0.3, 0.4) is 0 Å².